The topological polar surface area (TPSA) is 28.7 Å². The van der Waals surface area contributed by atoms with E-state index in [0.29, 0.717) is 0 Å². The summed E-state index contributed by atoms with van der Waals surface area (Å²) in [5.41, 5.74) is 2.79. The predicted octanol–water partition coefficient (Wildman–Crippen LogP) is 2.33. The molecule has 0 saturated heterocycles. The Kier molecular flexibility index (Phi) is 1.71. The molecule has 1 aromatic heterocycles. The number of nitrogens with zero attached hydrogens (tertiary/aromatic N) is 1. The van der Waals surface area contributed by atoms with Gasteiger partial charge in [0, 0.05) is 1.43 Å². The number of H-pyrrole nitrogens is 1. The molecule has 0 aliphatic carbocycles. The van der Waals surface area contributed by atoms with Crippen molar-refractivity contribution in [2.24, 2.45) is 0 Å². The first-order chi connectivity index (χ1) is 4.75. The van der Waals surface area contributed by atoms with E-state index in [1.165, 1.54) is 0 Å². The molecule has 0 radical (unpaired) electrons. The van der Waals surface area contributed by atoms with Crippen molar-refractivity contribution in [3.05, 3.63) is 30.9 Å². The average molecular weight is 136 g/mol. The van der Waals surface area contributed by atoms with Crippen LogP contribution in [-0.2, 0) is 0 Å². The minimum Gasteiger partial charge on any atom is -0.345 e. The van der Waals surface area contributed by atoms with E-state index >= 15 is 0 Å². The van der Waals surface area contributed by atoms with Gasteiger partial charge >= 0.3 is 0 Å². The first-order valence-electron chi connectivity index (χ1n) is 3.07. The third-order valence-electron chi connectivity index (χ3n) is 1.28. The molecule has 0 unspecified atom stereocenters. The minimum atomic E-state index is 0. The zero-order valence-corrected chi connectivity index (χ0v) is 6.02. The molecule has 2 nitrogen and oxygen atoms in total. The van der Waals surface area contributed by atoms with E-state index in [4.69, 9.17) is 0 Å². The van der Waals surface area contributed by atoms with E-state index in [-0.39, 0.29) is 1.43 Å². The fraction of sp³-hybridized carbons (Fsp3) is 0.125. The summed E-state index contributed by atoms with van der Waals surface area (Å²) in [4.78, 5) is 7.01. The molecule has 0 aliphatic rings. The molecule has 0 spiro atoms. The van der Waals surface area contributed by atoms with Gasteiger partial charge in [0.25, 0.3) is 0 Å². The van der Waals surface area contributed by atoms with Gasteiger partial charge < -0.3 is 4.98 Å². The van der Waals surface area contributed by atoms with Gasteiger partial charge in [-0.25, -0.2) is 4.98 Å². The lowest BCUT2D eigenvalue weighted by Crippen LogP contribution is -1.80. The van der Waals surface area contributed by atoms with Gasteiger partial charge in [-0.2, -0.15) is 0 Å². The Balaban J connectivity index is 0.000001000. The molecular weight excluding hydrogens is 124 g/mol. The molecule has 0 saturated carbocycles. The molecule has 0 bridgehead atoms. The minimum absolute atomic E-state index is 0. The number of aromatic nitrogens is 2. The van der Waals surface area contributed by atoms with E-state index in [9.17, 15) is 0 Å². The van der Waals surface area contributed by atoms with Crippen LogP contribution in [0.3, 0.4) is 0 Å². The number of hydrogen-bond acceptors (Lipinski definition) is 1. The van der Waals surface area contributed by atoms with Crippen LogP contribution in [0.4, 0.5) is 0 Å². The first kappa shape index (κ1) is 6.81. The van der Waals surface area contributed by atoms with Crippen molar-refractivity contribution < 1.29 is 1.43 Å². The van der Waals surface area contributed by atoms with Crippen LogP contribution in [0.25, 0.3) is 11.6 Å². The van der Waals surface area contributed by atoms with Crippen LogP contribution in [0.2, 0.25) is 0 Å². The quantitative estimate of drug-likeness (QED) is 0.664. The van der Waals surface area contributed by atoms with Crippen molar-refractivity contribution in [2.75, 3.05) is 0 Å². The van der Waals surface area contributed by atoms with Gasteiger partial charge in [-0.15, -0.1) is 0 Å². The van der Waals surface area contributed by atoms with Gasteiger partial charge in [0.1, 0.15) is 0 Å². The molecule has 1 heterocycles. The highest BCUT2D eigenvalue weighted by molar-refractivity contribution is 5.66. The maximum Gasteiger partial charge on any atom is 0.0931 e. The van der Waals surface area contributed by atoms with Gasteiger partial charge in [0.2, 0.25) is 0 Å². The summed E-state index contributed by atoms with van der Waals surface area (Å²) in [6.45, 7) is 9.33. The molecule has 1 aromatic rings. The lowest BCUT2D eigenvalue weighted by Gasteiger charge is -1.92. The number of imidazole rings is 1. The molecule has 0 atom stereocenters. The lowest BCUT2D eigenvalue weighted by molar-refractivity contribution is 1.29. The molecule has 1 N–H and O–H groups in total. The van der Waals surface area contributed by atoms with Crippen LogP contribution in [0.1, 0.15) is 19.7 Å². The van der Waals surface area contributed by atoms with Crippen molar-refractivity contribution in [1.29, 1.82) is 0 Å². The third-order valence-corrected chi connectivity index (χ3v) is 1.28. The van der Waals surface area contributed by atoms with Crippen LogP contribution >= 0.6 is 0 Å². The Hall–Kier alpha value is -1.31. The second-order valence-electron chi connectivity index (χ2n) is 2.15. The Morgan fingerprint density at radius 2 is 2.60 bits per heavy atom. The molecule has 2 heteroatoms. The van der Waals surface area contributed by atoms with Gasteiger partial charge in [0.15, 0.2) is 0 Å². The Morgan fingerprint density at radius 1 is 1.90 bits per heavy atom. The molecule has 0 amide bonds. The SMILES string of the molecule is C=Cc1[nH]cnc1C(=C)C.[HH]. The Morgan fingerprint density at radius 3 is 3.00 bits per heavy atom. The molecule has 0 aliphatic heterocycles. The van der Waals surface area contributed by atoms with Crippen LogP contribution in [-0.4, -0.2) is 9.97 Å². The Bertz CT molecular complexity index is 263. The summed E-state index contributed by atoms with van der Waals surface area (Å²) < 4.78 is 0. The monoisotopic (exact) mass is 136 g/mol. The standard InChI is InChI=1S/C8H10N2.H2/c1-4-7-8(6(2)3)10-5-9-7;/h4-5H,1-2H2,3H3,(H,9,10);1H. The van der Waals surface area contributed by atoms with Crippen LogP contribution in [0, 0.1) is 0 Å². The molecule has 10 heavy (non-hydrogen) atoms. The second kappa shape index (κ2) is 2.52. The summed E-state index contributed by atoms with van der Waals surface area (Å²) in [6, 6.07) is 0. The van der Waals surface area contributed by atoms with Crippen molar-refractivity contribution in [1.82, 2.24) is 9.97 Å². The zero-order chi connectivity index (χ0) is 7.56. The maximum absolute atomic E-state index is 4.06. The maximum atomic E-state index is 4.06. The lowest BCUT2D eigenvalue weighted by atomic mass is 10.2. The van der Waals surface area contributed by atoms with E-state index in [1.54, 1.807) is 12.4 Å². The van der Waals surface area contributed by atoms with Gasteiger partial charge in [-0.1, -0.05) is 13.2 Å². The fourth-order valence-electron chi connectivity index (χ4n) is 0.800. The molecule has 54 valence electrons. The van der Waals surface area contributed by atoms with Crippen molar-refractivity contribution >= 4 is 11.6 Å². The van der Waals surface area contributed by atoms with Gasteiger partial charge in [-0.3, -0.25) is 0 Å². The fourth-order valence-corrected chi connectivity index (χ4v) is 0.800. The largest absolute Gasteiger partial charge is 0.345 e. The van der Waals surface area contributed by atoms with Crippen LogP contribution < -0.4 is 0 Å². The van der Waals surface area contributed by atoms with Gasteiger partial charge in [-0.05, 0) is 18.6 Å². The predicted molar refractivity (Wildman–Crippen MR) is 45.5 cm³/mol. The Labute approximate surface area is 61.8 Å². The highest BCUT2D eigenvalue weighted by Gasteiger charge is 2.00. The molecule has 0 fully saturated rings. The summed E-state index contributed by atoms with van der Waals surface area (Å²) in [5, 5.41) is 0. The van der Waals surface area contributed by atoms with E-state index < -0.39 is 0 Å². The first-order valence-corrected chi connectivity index (χ1v) is 3.07. The molecule has 1 rings (SSSR count). The van der Waals surface area contributed by atoms with E-state index in [0.717, 1.165) is 17.0 Å². The summed E-state index contributed by atoms with van der Waals surface area (Å²) in [7, 11) is 0. The van der Waals surface area contributed by atoms with E-state index in [1.807, 2.05) is 6.92 Å². The van der Waals surface area contributed by atoms with Crippen molar-refractivity contribution in [2.45, 2.75) is 6.92 Å². The van der Waals surface area contributed by atoms with Crippen molar-refractivity contribution in [3.8, 4) is 0 Å². The summed E-state index contributed by atoms with van der Waals surface area (Å²) >= 11 is 0. The number of aromatic amines is 1. The number of hydrogen-bond donors (Lipinski definition) is 1. The number of allylic oxidation sites excluding steroid dienone is 1. The third kappa shape index (κ3) is 1.00. The second-order valence-corrected chi connectivity index (χ2v) is 2.15. The highest BCUT2D eigenvalue weighted by atomic mass is 14.9. The highest BCUT2D eigenvalue weighted by Crippen LogP contribution is 2.12. The summed E-state index contributed by atoms with van der Waals surface area (Å²) in [5.74, 6) is 0. The smallest absolute Gasteiger partial charge is 0.0931 e. The average Bonchev–Trinajstić information content (AvgIpc) is 2.33. The molecular formula is C8H12N2. The summed E-state index contributed by atoms with van der Waals surface area (Å²) in [6.07, 6.45) is 3.37. The van der Waals surface area contributed by atoms with Crippen molar-refractivity contribution in [3.63, 3.8) is 0 Å². The van der Waals surface area contributed by atoms with E-state index in [2.05, 4.69) is 23.1 Å². The number of rotatable bonds is 2. The normalized spacial score (nSPS) is 9.30. The zero-order valence-electron chi connectivity index (χ0n) is 6.02. The van der Waals surface area contributed by atoms with Crippen LogP contribution in [0.15, 0.2) is 19.5 Å². The van der Waals surface area contributed by atoms with Gasteiger partial charge in [0.05, 0.1) is 17.7 Å². The van der Waals surface area contributed by atoms with Crippen LogP contribution in [0.5, 0.6) is 0 Å². The number of nitrogens with one attached hydrogen (secondary N) is 1. The molecule has 0 aromatic carbocycles.